The zero-order valence-corrected chi connectivity index (χ0v) is 6.98. The summed E-state index contributed by atoms with van der Waals surface area (Å²) in [4.78, 5) is 0. The van der Waals surface area contributed by atoms with Crippen molar-refractivity contribution < 1.29 is 23.4 Å². The van der Waals surface area contributed by atoms with Crippen LogP contribution < -0.4 is 24.2 Å². The molecule has 0 aliphatic rings. The zero-order valence-electron chi connectivity index (χ0n) is 6.09. The number of benzene rings is 1. The fourth-order valence-electron chi connectivity index (χ4n) is 0.622. The van der Waals surface area contributed by atoms with Gasteiger partial charge in [0, 0.05) is 0 Å². The third-order valence-electron chi connectivity index (χ3n) is 1.02. The fraction of sp³-hybridized carbons (Fsp3) is 0.143. The summed E-state index contributed by atoms with van der Waals surface area (Å²) in [5.74, 6) is 0. The third-order valence-corrected chi connectivity index (χ3v) is 1.48. The van der Waals surface area contributed by atoms with E-state index in [4.69, 9.17) is 0 Å². The Balaban J connectivity index is 0.000000810. The Morgan fingerprint density at radius 2 is 2.20 bits per heavy atom. The van der Waals surface area contributed by atoms with Crippen LogP contribution in [0.5, 0.6) is 0 Å². The topological polar surface area (TPSA) is 17.1 Å². The van der Waals surface area contributed by atoms with E-state index in [1.807, 2.05) is 19.1 Å². The van der Waals surface area contributed by atoms with Crippen molar-refractivity contribution in [3.8, 4) is 0 Å². The van der Waals surface area contributed by atoms with E-state index in [1.54, 1.807) is 6.07 Å². The summed E-state index contributed by atoms with van der Waals surface area (Å²) < 4.78 is 10.2. The average Bonchev–Trinajstić information content (AvgIpc) is 1.88. The quantitative estimate of drug-likeness (QED) is 0.272. The van der Waals surface area contributed by atoms with Gasteiger partial charge in [0.15, 0.2) is 8.46 Å². The monoisotopic (exact) mass is 144 g/mol. The molecule has 0 aromatic heterocycles. The van der Waals surface area contributed by atoms with Crippen molar-refractivity contribution in [1.82, 2.24) is 0 Å². The van der Waals surface area contributed by atoms with Gasteiger partial charge < -0.3 is 0 Å². The van der Waals surface area contributed by atoms with Gasteiger partial charge in [-0.05, 0) is 0 Å². The van der Waals surface area contributed by atoms with Gasteiger partial charge in [0.2, 0.25) is 0 Å². The van der Waals surface area contributed by atoms with E-state index in [0.717, 1.165) is 10.9 Å². The van der Waals surface area contributed by atoms with Gasteiger partial charge in [-0.15, -0.1) is 0 Å². The van der Waals surface area contributed by atoms with E-state index in [-0.39, 0.29) is 27.3 Å². The molecule has 1 aromatic rings. The van der Waals surface area contributed by atoms with Crippen LogP contribution in [-0.4, -0.2) is 0 Å². The average molecular weight is 144 g/mol. The van der Waals surface area contributed by atoms with E-state index in [0.29, 0.717) is 0 Å². The van der Waals surface area contributed by atoms with Crippen molar-refractivity contribution >= 4 is 13.8 Å². The summed E-state index contributed by atoms with van der Waals surface area (Å²) in [7, 11) is 0.0491. The van der Waals surface area contributed by atoms with Gasteiger partial charge in [0.25, 0.3) is 0 Å². The smallest absolute Gasteiger partial charge is 0.272 e. The molecule has 0 radical (unpaired) electrons. The molecular formula is C7H6LiOP. The molecule has 1 nitrogen and oxygen atoms in total. The summed E-state index contributed by atoms with van der Waals surface area (Å²) in [6, 6.07) is 8.50. The largest absolute Gasteiger partial charge is 1.00 e. The Labute approximate surface area is 74.2 Å². The van der Waals surface area contributed by atoms with Crippen LogP contribution in [0.3, 0.4) is 0 Å². The third kappa shape index (κ3) is 2.67. The van der Waals surface area contributed by atoms with Crippen LogP contribution in [0, 0.1) is 13.0 Å². The second-order valence-electron chi connectivity index (χ2n) is 1.81. The second kappa shape index (κ2) is 4.69. The van der Waals surface area contributed by atoms with Gasteiger partial charge in [-0.25, -0.2) is 0 Å². The predicted molar refractivity (Wildman–Crippen MR) is 37.3 cm³/mol. The fourth-order valence-corrected chi connectivity index (χ4v) is 0.991. The Bertz CT molecular complexity index is 225. The molecule has 0 heterocycles. The van der Waals surface area contributed by atoms with Gasteiger partial charge in [-0.2, -0.15) is 29.8 Å². The number of hydrogen-bond donors (Lipinski definition) is 0. The molecule has 0 saturated heterocycles. The summed E-state index contributed by atoms with van der Waals surface area (Å²) in [5, 5.41) is 0.718. The van der Waals surface area contributed by atoms with E-state index >= 15 is 0 Å². The molecule has 10 heavy (non-hydrogen) atoms. The molecule has 0 amide bonds. The first-order valence-corrected chi connectivity index (χ1v) is 3.46. The van der Waals surface area contributed by atoms with Gasteiger partial charge in [0.05, 0.1) is 0 Å². The van der Waals surface area contributed by atoms with Crippen LogP contribution in [0.1, 0.15) is 5.56 Å². The maximum atomic E-state index is 10.2. The van der Waals surface area contributed by atoms with Crippen molar-refractivity contribution in [1.29, 1.82) is 0 Å². The maximum Gasteiger partial charge on any atom is 1.00 e. The molecule has 3 heteroatoms. The van der Waals surface area contributed by atoms with Crippen LogP contribution in [0.15, 0.2) is 18.2 Å². The van der Waals surface area contributed by atoms with Gasteiger partial charge >= 0.3 is 18.9 Å². The molecule has 46 valence electrons. The van der Waals surface area contributed by atoms with Crippen molar-refractivity contribution in [3.05, 3.63) is 29.8 Å². The molecule has 1 aromatic carbocycles. The van der Waals surface area contributed by atoms with Crippen molar-refractivity contribution in [2.24, 2.45) is 0 Å². The van der Waals surface area contributed by atoms with E-state index in [1.165, 1.54) is 0 Å². The Morgan fingerprint density at radius 3 is 2.60 bits per heavy atom. The van der Waals surface area contributed by atoms with Crippen LogP contribution in [-0.2, 0) is 4.57 Å². The molecule has 0 spiro atoms. The molecule has 0 bridgehead atoms. The van der Waals surface area contributed by atoms with Crippen LogP contribution >= 0.6 is 8.46 Å². The second-order valence-corrected chi connectivity index (χ2v) is 2.47. The molecule has 0 atom stereocenters. The first kappa shape index (κ1) is 9.92. The maximum absolute atomic E-state index is 10.2. The minimum absolute atomic E-state index is 0. The summed E-state index contributed by atoms with van der Waals surface area (Å²) in [6.07, 6.45) is 0. The molecule has 0 aliphatic heterocycles. The van der Waals surface area contributed by atoms with Crippen molar-refractivity contribution in [2.75, 3.05) is 0 Å². The number of rotatable bonds is 1. The van der Waals surface area contributed by atoms with E-state index in [9.17, 15) is 4.57 Å². The van der Waals surface area contributed by atoms with E-state index in [2.05, 4.69) is 6.07 Å². The summed E-state index contributed by atoms with van der Waals surface area (Å²) in [5.41, 5.74) is 1.02. The van der Waals surface area contributed by atoms with Crippen LogP contribution in [0.4, 0.5) is 0 Å². The zero-order chi connectivity index (χ0) is 6.69. The minimum atomic E-state index is 0. The Kier molecular flexibility index (Phi) is 4.65. The molecule has 0 N–H and O–H groups in total. The first-order chi connectivity index (χ1) is 4.33. The van der Waals surface area contributed by atoms with Crippen molar-refractivity contribution in [2.45, 2.75) is 6.92 Å². The van der Waals surface area contributed by atoms with E-state index < -0.39 is 0 Å². The Hall–Kier alpha value is -0.0826. The van der Waals surface area contributed by atoms with Crippen LogP contribution in [0.25, 0.3) is 0 Å². The minimum Gasteiger partial charge on any atom is -0.272 e. The van der Waals surface area contributed by atoms with Gasteiger partial charge in [-0.1, -0.05) is 12.2 Å². The molecule has 1 rings (SSSR count). The molecule has 0 aliphatic carbocycles. The summed E-state index contributed by atoms with van der Waals surface area (Å²) in [6.45, 7) is 1.93. The molecule has 0 saturated carbocycles. The SMILES string of the molecule is Cc1[c-]c(P=O)ccc1.[Li+]. The molecule has 0 fully saturated rings. The number of hydrogen-bond acceptors (Lipinski definition) is 1. The van der Waals surface area contributed by atoms with Gasteiger partial charge in [-0.3, -0.25) is 4.57 Å². The first-order valence-electron chi connectivity index (χ1n) is 2.65. The predicted octanol–water partition coefficient (Wildman–Crippen LogP) is -1.28. The molecular weight excluding hydrogens is 138 g/mol. The van der Waals surface area contributed by atoms with Crippen molar-refractivity contribution in [3.63, 3.8) is 0 Å². The normalized spacial score (nSPS) is 8.90. The van der Waals surface area contributed by atoms with Gasteiger partial charge in [0.1, 0.15) is 0 Å². The number of aryl methyl sites for hydroxylation is 1. The van der Waals surface area contributed by atoms with Crippen LogP contribution in [0.2, 0.25) is 0 Å². The Morgan fingerprint density at radius 1 is 1.50 bits per heavy atom. The molecule has 0 unspecified atom stereocenters. The summed E-state index contributed by atoms with van der Waals surface area (Å²) >= 11 is 0. The standard InChI is InChI=1S/C7H6OP.Li/c1-6-3-2-4-7(5-6)9-8;/h2-4H,1H3;/q-1;+1.